The van der Waals surface area contributed by atoms with Crippen LogP contribution in [-0.4, -0.2) is 25.4 Å². The van der Waals surface area contributed by atoms with Crippen molar-refractivity contribution < 1.29 is 4.79 Å². The first kappa shape index (κ1) is 18.1. The molecule has 0 bridgehead atoms. The molecule has 1 amide bonds. The molecule has 1 aromatic carbocycles. The highest BCUT2D eigenvalue weighted by molar-refractivity contribution is 5.87. The Labute approximate surface area is 171 Å². The van der Waals surface area contributed by atoms with Crippen molar-refractivity contribution in [1.82, 2.24) is 24.8 Å². The Kier molecular flexibility index (Phi) is 4.29. The first-order valence-corrected chi connectivity index (χ1v) is 9.76. The Morgan fingerprint density at radius 2 is 2.13 bits per heavy atom. The molecule has 1 unspecified atom stereocenters. The molecule has 1 saturated carbocycles. The van der Waals surface area contributed by atoms with Gasteiger partial charge in [-0.2, -0.15) is 5.26 Å². The zero-order chi connectivity index (χ0) is 20.7. The van der Waals surface area contributed by atoms with Gasteiger partial charge in [-0.1, -0.05) is 6.07 Å². The third-order valence-electron chi connectivity index (χ3n) is 5.49. The lowest BCUT2D eigenvalue weighted by Crippen LogP contribution is -2.30. The SMILES string of the molecule is N#CC(C(=O)NCc1ccc2c(ccc(=O)n2-c2ncnc3[nH]ccc23)c1)C1CC1. The topological polar surface area (TPSA) is 116 Å². The maximum Gasteiger partial charge on any atom is 0.256 e. The highest BCUT2D eigenvalue weighted by atomic mass is 16.2. The summed E-state index contributed by atoms with van der Waals surface area (Å²) in [5.41, 5.74) is 2.08. The van der Waals surface area contributed by atoms with Crippen LogP contribution < -0.4 is 10.9 Å². The van der Waals surface area contributed by atoms with Gasteiger partial charge in [0.1, 0.15) is 17.9 Å². The van der Waals surface area contributed by atoms with Gasteiger partial charge in [0, 0.05) is 18.8 Å². The van der Waals surface area contributed by atoms with E-state index in [-0.39, 0.29) is 17.4 Å². The molecule has 0 saturated heterocycles. The van der Waals surface area contributed by atoms with E-state index < -0.39 is 5.92 Å². The molecule has 148 valence electrons. The van der Waals surface area contributed by atoms with E-state index in [0.29, 0.717) is 23.5 Å². The summed E-state index contributed by atoms with van der Waals surface area (Å²) in [5, 5.41) is 13.7. The van der Waals surface area contributed by atoms with Gasteiger partial charge in [0.05, 0.1) is 17.0 Å². The van der Waals surface area contributed by atoms with Crippen molar-refractivity contribution in [3.8, 4) is 11.9 Å². The minimum absolute atomic E-state index is 0.189. The summed E-state index contributed by atoms with van der Waals surface area (Å²) in [4.78, 5) is 36.5. The molecule has 2 N–H and O–H groups in total. The Morgan fingerprint density at radius 1 is 1.27 bits per heavy atom. The van der Waals surface area contributed by atoms with Crippen molar-refractivity contribution >= 4 is 27.8 Å². The Morgan fingerprint density at radius 3 is 2.93 bits per heavy atom. The number of hydrogen-bond donors (Lipinski definition) is 2. The quantitative estimate of drug-likeness (QED) is 0.535. The number of carbonyl (C=O) groups excluding carboxylic acids is 1. The van der Waals surface area contributed by atoms with E-state index in [0.717, 1.165) is 29.2 Å². The molecule has 1 atom stereocenters. The molecule has 0 aliphatic heterocycles. The van der Waals surface area contributed by atoms with Crippen LogP contribution >= 0.6 is 0 Å². The molecule has 4 aromatic rings. The van der Waals surface area contributed by atoms with Gasteiger partial charge >= 0.3 is 0 Å². The van der Waals surface area contributed by atoms with E-state index in [4.69, 9.17) is 0 Å². The van der Waals surface area contributed by atoms with Gasteiger partial charge in [0.15, 0.2) is 5.82 Å². The number of benzene rings is 1. The minimum Gasteiger partial charge on any atom is -0.351 e. The van der Waals surface area contributed by atoms with Gasteiger partial charge in [-0.3, -0.25) is 14.2 Å². The van der Waals surface area contributed by atoms with E-state index in [2.05, 4.69) is 26.3 Å². The smallest absolute Gasteiger partial charge is 0.256 e. The predicted molar refractivity (Wildman–Crippen MR) is 111 cm³/mol. The molecule has 1 aliphatic rings. The lowest BCUT2D eigenvalue weighted by atomic mass is 10.0. The number of fused-ring (bicyclic) bond motifs is 2. The lowest BCUT2D eigenvalue weighted by Gasteiger charge is -2.12. The van der Waals surface area contributed by atoms with Crippen molar-refractivity contribution in [3.05, 3.63) is 64.8 Å². The van der Waals surface area contributed by atoms with E-state index in [1.54, 1.807) is 16.8 Å². The van der Waals surface area contributed by atoms with Gasteiger partial charge < -0.3 is 10.3 Å². The van der Waals surface area contributed by atoms with Gasteiger partial charge in [0.2, 0.25) is 5.91 Å². The van der Waals surface area contributed by atoms with Crippen LogP contribution in [0, 0.1) is 23.2 Å². The van der Waals surface area contributed by atoms with E-state index >= 15 is 0 Å². The molecule has 5 rings (SSSR count). The molecule has 3 heterocycles. The van der Waals surface area contributed by atoms with Crippen LogP contribution in [0.15, 0.2) is 53.7 Å². The molecule has 8 heteroatoms. The number of nitriles is 1. The molecule has 0 radical (unpaired) electrons. The Hall–Kier alpha value is -3.99. The van der Waals surface area contributed by atoms with Crippen LogP contribution in [0.25, 0.3) is 27.8 Å². The molecule has 30 heavy (non-hydrogen) atoms. The van der Waals surface area contributed by atoms with Gasteiger partial charge in [0.25, 0.3) is 5.56 Å². The first-order valence-electron chi connectivity index (χ1n) is 9.76. The largest absolute Gasteiger partial charge is 0.351 e. The van der Waals surface area contributed by atoms with Crippen LogP contribution in [0.3, 0.4) is 0 Å². The number of nitrogens with one attached hydrogen (secondary N) is 2. The normalized spacial score (nSPS) is 14.5. The summed E-state index contributed by atoms with van der Waals surface area (Å²) in [6.45, 7) is 0.328. The fourth-order valence-electron chi connectivity index (χ4n) is 3.77. The van der Waals surface area contributed by atoms with Crippen molar-refractivity contribution in [2.24, 2.45) is 11.8 Å². The molecule has 0 spiro atoms. The minimum atomic E-state index is -0.572. The summed E-state index contributed by atoms with van der Waals surface area (Å²) in [6, 6.07) is 12.9. The van der Waals surface area contributed by atoms with E-state index in [9.17, 15) is 14.9 Å². The second-order valence-corrected chi connectivity index (χ2v) is 7.50. The summed E-state index contributed by atoms with van der Waals surface area (Å²) >= 11 is 0. The average Bonchev–Trinajstić information content (AvgIpc) is 3.47. The summed E-state index contributed by atoms with van der Waals surface area (Å²) in [7, 11) is 0. The maximum atomic E-state index is 12.7. The highest BCUT2D eigenvalue weighted by Gasteiger charge is 2.36. The molecule has 8 nitrogen and oxygen atoms in total. The summed E-state index contributed by atoms with van der Waals surface area (Å²) in [5.74, 6) is -0.0866. The van der Waals surface area contributed by atoms with Gasteiger partial charge in [-0.15, -0.1) is 0 Å². The summed E-state index contributed by atoms with van der Waals surface area (Å²) < 4.78 is 1.56. The van der Waals surface area contributed by atoms with Crippen LogP contribution in [0.5, 0.6) is 0 Å². The number of aromatic nitrogens is 4. The Balaban J connectivity index is 1.49. The third kappa shape index (κ3) is 3.10. The van der Waals surface area contributed by atoms with Crippen LogP contribution in [0.1, 0.15) is 18.4 Å². The monoisotopic (exact) mass is 398 g/mol. The number of pyridine rings is 1. The van der Waals surface area contributed by atoms with Crippen molar-refractivity contribution in [2.45, 2.75) is 19.4 Å². The molecular formula is C22H18N6O2. The summed E-state index contributed by atoms with van der Waals surface area (Å²) in [6.07, 6.45) is 5.07. The van der Waals surface area contributed by atoms with Gasteiger partial charge in [-0.25, -0.2) is 9.97 Å². The third-order valence-corrected chi connectivity index (χ3v) is 5.49. The molecule has 1 fully saturated rings. The second kappa shape index (κ2) is 7.12. The predicted octanol–water partition coefficient (Wildman–Crippen LogP) is 2.43. The first-order chi connectivity index (χ1) is 14.7. The molecule has 1 aliphatic carbocycles. The second-order valence-electron chi connectivity index (χ2n) is 7.50. The highest BCUT2D eigenvalue weighted by Crippen LogP contribution is 2.36. The number of carbonyl (C=O) groups is 1. The number of aromatic amines is 1. The molecular weight excluding hydrogens is 380 g/mol. The fourth-order valence-corrected chi connectivity index (χ4v) is 3.77. The van der Waals surface area contributed by atoms with Crippen molar-refractivity contribution in [2.75, 3.05) is 0 Å². The van der Waals surface area contributed by atoms with E-state index in [1.165, 1.54) is 12.4 Å². The van der Waals surface area contributed by atoms with Crippen LogP contribution in [0.2, 0.25) is 0 Å². The van der Waals surface area contributed by atoms with Crippen molar-refractivity contribution in [3.63, 3.8) is 0 Å². The van der Waals surface area contributed by atoms with E-state index in [1.807, 2.05) is 24.3 Å². The maximum absolute atomic E-state index is 12.7. The number of hydrogen-bond acceptors (Lipinski definition) is 5. The average molecular weight is 398 g/mol. The zero-order valence-electron chi connectivity index (χ0n) is 16.0. The molecule has 3 aromatic heterocycles. The Bertz CT molecular complexity index is 1380. The number of H-pyrrole nitrogens is 1. The number of nitrogens with zero attached hydrogens (tertiary/aromatic N) is 4. The van der Waals surface area contributed by atoms with Crippen LogP contribution in [0.4, 0.5) is 0 Å². The standard InChI is InChI=1S/C22H18N6O2/c23-10-17(14-2-3-14)22(30)25-11-13-1-5-18-15(9-13)4-6-19(29)28(18)21-16-7-8-24-20(16)26-12-27-21/h1,4-9,12,14,17H,2-3,11H2,(H,25,30)(H,24,26,27). The van der Waals surface area contributed by atoms with Crippen LogP contribution in [-0.2, 0) is 11.3 Å². The van der Waals surface area contributed by atoms with Gasteiger partial charge in [-0.05, 0) is 54.0 Å². The number of amides is 1. The zero-order valence-corrected chi connectivity index (χ0v) is 16.0. The van der Waals surface area contributed by atoms with Crippen molar-refractivity contribution in [1.29, 1.82) is 5.26 Å². The number of rotatable bonds is 5. The lowest BCUT2D eigenvalue weighted by molar-refractivity contribution is -0.124. The fraction of sp³-hybridized carbons (Fsp3) is 0.227.